The van der Waals surface area contributed by atoms with Crippen LogP contribution in [0, 0.1) is 5.82 Å². The topological polar surface area (TPSA) is 110 Å². The molecule has 2 aromatic carbocycles. The van der Waals surface area contributed by atoms with Crippen molar-refractivity contribution in [2.24, 2.45) is 0 Å². The second-order valence-electron chi connectivity index (χ2n) is 7.53. The van der Waals surface area contributed by atoms with E-state index in [1.165, 1.54) is 61.8 Å². The summed E-state index contributed by atoms with van der Waals surface area (Å²) in [6, 6.07) is 8.61. The Morgan fingerprint density at radius 3 is 2.48 bits per heavy atom. The molecule has 3 aromatic rings. The number of nitrogens with one attached hydrogen (secondary N) is 1. The lowest BCUT2D eigenvalue weighted by Crippen LogP contribution is -2.37. The summed E-state index contributed by atoms with van der Waals surface area (Å²) >= 11 is 0. The SMILES string of the molecule is CN(C)S(=O)(=O)c1ccc(N2CCOCC2)c(C(=O)Nc2ccc(-n3cncn3)c(F)c2)c1. The largest absolute Gasteiger partial charge is 0.378 e. The highest BCUT2D eigenvalue weighted by Crippen LogP contribution is 2.27. The van der Waals surface area contributed by atoms with Gasteiger partial charge in [-0.15, -0.1) is 0 Å². The van der Waals surface area contributed by atoms with Crippen molar-refractivity contribution in [3.8, 4) is 5.69 Å². The third-order valence-electron chi connectivity index (χ3n) is 5.21. The number of hydrogen-bond acceptors (Lipinski definition) is 7. The molecular weight excluding hydrogens is 451 g/mol. The molecule has 0 spiro atoms. The number of benzene rings is 2. The molecule has 0 unspecified atom stereocenters. The highest BCUT2D eigenvalue weighted by atomic mass is 32.2. The minimum absolute atomic E-state index is 0.0117. The number of morpholine rings is 1. The first-order chi connectivity index (χ1) is 15.8. The van der Waals surface area contributed by atoms with Gasteiger partial charge in [-0.2, -0.15) is 5.10 Å². The first-order valence-corrected chi connectivity index (χ1v) is 11.6. The summed E-state index contributed by atoms with van der Waals surface area (Å²) in [5.74, 6) is -1.16. The van der Waals surface area contributed by atoms with E-state index < -0.39 is 21.7 Å². The maximum Gasteiger partial charge on any atom is 0.257 e. The number of nitrogens with zero attached hydrogens (tertiary/aromatic N) is 5. The number of amides is 1. The molecular formula is C21H23FN6O4S. The van der Waals surface area contributed by atoms with Crippen LogP contribution in [-0.2, 0) is 14.8 Å². The molecule has 1 saturated heterocycles. The molecule has 1 aliphatic rings. The Morgan fingerprint density at radius 1 is 1.12 bits per heavy atom. The molecule has 1 amide bonds. The molecule has 1 fully saturated rings. The molecule has 0 atom stereocenters. The number of carbonyl (C=O) groups is 1. The van der Waals surface area contributed by atoms with E-state index in [2.05, 4.69) is 15.4 Å². The van der Waals surface area contributed by atoms with Crippen molar-refractivity contribution in [2.45, 2.75) is 4.90 Å². The van der Waals surface area contributed by atoms with E-state index in [1.807, 2.05) is 4.90 Å². The Hall–Kier alpha value is -3.35. The summed E-state index contributed by atoms with van der Waals surface area (Å²) in [7, 11) is -0.914. The lowest BCUT2D eigenvalue weighted by Gasteiger charge is -2.30. The van der Waals surface area contributed by atoms with Crippen molar-refractivity contribution >= 4 is 27.3 Å². The Balaban J connectivity index is 1.68. The Morgan fingerprint density at radius 2 is 1.85 bits per heavy atom. The van der Waals surface area contributed by atoms with Crippen LogP contribution >= 0.6 is 0 Å². The van der Waals surface area contributed by atoms with Gasteiger partial charge in [0.1, 0.15) is 18.3 Å². The number of aromatic nitrogens is 3. The summed E-state index contributed by atoms with van der Waals surface area (Å²) in [6.07, 6.45) is 2.65. The highest BCUT2D eigenvalue weighted by Gasteiger charge is 2.24. The van der Waals surface area contributed by atoms with Gasteiger partial charge in [0.2, 0.25) is 10.0 Å². The van der Waals surface area contributed by atoms with Gasteiger partial charge in [-0.25, -0.2) is 26.8 Å². The van der Waals surface area contributed by atoms with E-state index in [1.54, 1.807) is 6.07 Å². The normalized spacial score (nSPS) is 14.5. The van der Waals surface area contributed by atoms with E-state index in [4.69, 9.17) is 4.74 Å². The van der Waals surface area contributed by atoms with Crippen LogP contribution in [0.2, 0.25) is 0 Å². The average Bonchev–Trinajstić information content (AvgIpc) is 3.34. The maximum absolute atomic E-state index is 14.6. The predicted molar refractivity (Wildman–Crippen MR) is 120 cm³/mol. The zero-order valence-electron chi connectivity index (χ0n) is 18.1. The van der Waals surface area contributed by atoms with Crippen LogP contribution in [0.5, 0.6) is 0 Å². The van der Waals surface area contributed by atoms with Crippen LogP contribution in [0.3, 0.4) is 0 Å². The van der Waals surface area contributed by atoms with E-state index in [0.717, 1.165) is 4.31 Å². The number of sulfonamides is 1. The summed E-state index contributed by atoms with van der Waals surface area (Å²) in [6.45, 7) is 2.10. The Bertz CT molecular complexity index is 1260. The van der Waals surface area contributed by atoms with Crippen LogP contribution in [-0.4, -0.2) is 73.8 Å². The number of carbonyl (C=O) groups excluding carboxylic acids is 1. The van der Waals surface area contributed by atoms with Crippen molar-refractivity contribution in [3.63, 3.8) is 0 Å². The van der Waals surface area contributed by atoms with Crippen molar-refractivity contribution in [2.75, 3.05) is 50.6 Å². The maximum atomic E-state index is 14.6. The standard InChI is InChI=1S/C21H23FN6O4S/c1-26(2)33(30,31)16-4-6-19(27-7-9-32-10-8-27)17(12-16)21(29)25-15-3-5-20(18(22)11-15)28-14-23-13-24-28/h3-6,11-14H,7-10H2,1-2H3,(H,25,29). The molecule has 0 aliphatic carbocycles. The highest BCUT2D eigenvalue weighted by molar-refractivity contribution is 7.89. The summed E-state index contributed by atoms with van der Waals surface area (Å²) in [4.78, 5) is 19.0. The van der Waals surface area contributed by atoms with Crippen LogP contribution in [0.25, 0.3) is 5.69 Å². The van der Waals surface area contributed by atoms with E-state index in [-0.39, 0.29) is 21.8 Å². The molecule has 1 N–H and O–H groups in total. The smallest absolute Gasteiger partial charge is 0.257 e. The van der Waals surface area contributed by atoms with E-state index in [0.29, 0.717) is 32.0 Å². The lowest BCUT2D eigenvalue weighted by molar-refractivity contribution is 0.102. The van der Waals surface area contributed by atoms with Crippen LogP contribution < -0.4 is 10.2 Å². The zero-order valence-corrected chi connectivity index (χ0v) is 18.9. The lowest BCUT2D eigenvalue weighted by atomic mass is 10.1. The number of ether oxygens (including phenoxy) is 1. The molecule has 4 rings (SSSR count). The Labute approximate surface area is 190 Å². The monoisotopic (exact) mass is 474 g/mol. The van der Waals surface area contributed by atoms with E-state index in [9.17, 15) is 17.6 Å². The van der Waals surface area contributed by atoms with Gasteiger partial charge in [0.05, 0.1) is 23.7 Å². The minimum atomic E-state index is -3.76. The summed E-state index contributed by atoms with van der Waals surface area (Å²) < 4.78 is 47.6. The van der Waals surface area contributed by atoms with Crippen molar-refractivity contribution < 1.29 is 22.3 Å². The van der Waals surface area contributed by atoms with Gasteiger partial charge >= 0.3 is 0 Å². The fraction of sp³-hybridized carbons (Fsp3) is 0.286. The predicted octanol–water partition coefficient (Wildman–Crippen LogP) is 1.75. The molecule has 0 saturated carbocycles. The molecule has 1 aliphatic heterocycles. The van der Waals surface area contributed by atoms with Gasteiger partial charge in [0.25, 0.3) is 5.91 Å². The van der Waals surface area contributed by atoms with Gasteiger partial charge in [0.15, 0.2) is 5.82 Å². The molecule has 0 bridgehead atoms. The fourth-order valence-corrected chi connectivity index (χ4v) is 4.38. The second kappa shape index (κ2) is 9.25. The van der Waals surface area contributed by atoms with Crippen LogP contribution in [0.1, 0.15) is 10.4 Å². The summed E-state index contributed by atoms with van der Waals surface area (Å²) in [5.41, 5.74) is 1.14. The van der Waals surface area contributed by atoms with Gasteiger partial charge in [-0.1, -0.05) is 0 Å². The average molecular weight is 475 g/mol. The van der Waals surface area contributed by atoms with Crippen LogP contribution in [0.15, 0.2) is 53.9 Å². The van der Waals surface area contributed by atoms with Gasteiger partial charge in [-0.3, -0.25) is 4.79 Å². The fourth-order valence-electron chi connectivity index (χ4n) is 3.45. The number of halogens is 1. The molecule has 33 heavy (non-hydrogen) atoms. The van der Waals surface area contributed by atoms with Gasteiger partial charge in [0, 0.05) is 38.6 Å². The first kappa shape index (κ1) is 22.8. The number of rotatable bonds is 6. The van der Waals surface area contributed by atoms with Crippen molar-refractivity contribution in [1.29, 1.82) is 0 Å². The van der Waals surface area contributed by atoms with Gasteiger partial charge < -0.3 is 15.0 Å². The first-order valence-electron chi connectivity index (χ1n) is 10.1. The molecule has 10 nitrogen and oxygen atoms in total. The third-order valence-corrected chi connectivity index (χ3v) is 7.03. The van der Waals surface area contributed by atoms with Crippen LogP contribution in [0.4, 0.5) is 15.8 Å². The molecule has 12 heteroatoms. The quantitative estimate of drug-likeness (QED) is 0.580. The Kier molecular flexibility index (Phi) is 6.40. The third kappa shape index (κ3) is 4.72. The molecule has 1 aromatic heterocycles. The molecule has 2 heterocycles. The number of hydrogen-bond donors (Lipinski definition) is 1. The minimum Gasteiger partial charge on any atom is -0.378 e. The van der Waals surface area contributed by atoms with E-state index >= 15 is 0 Å². The summed E-state index contributed by atoms with van der Waals surface area (Å²) in [5, 5.41) is 6.57. The van der Waals surface area contributed by atoms with Crippen molar-refractivity contribution in [1.82, 2.24) is 19.1 Å². The number of anilines is 2. The molecule has 0 radical (unpaired) electrons. The van der Waals surface area contributed by atoms with Crippen molar-refractivity contribution in [3.05, 3.63) is 60.4 Å². The second-order valence-corrected chi connectivity index (χ2v) is 9.68. The van der Waals surface area contributed by atoms with Gasteiger partial charge in [-0.05, 0) is 36.4 Å². The zero-order chi connectivity index (χ0) is 23.6. The molecule has 174 valence electrons.